The van der Waals surface area contributed by atoms with Gasteiger partial charge < -0.3 is 15.5 Å². The Balaban J connectivity index is 1.34. The maximum absolute atomic E-state index is 4.42. The van der Waals surface area contributed by atoms with Gasteiger partial charge in [-0.05, 0) is 55.0 Å². The molecule has 1 heterocycles. The molecule has 0 radical (unpaired) electrons. The lowest BCUT2D eigenvalue weighted by atomic mass is 9.78. The Labute approximate surface area is 162 Å². The van der Waals surface area contributed by atoms with Crippen LogP contribution in [0.1, 0.15) is 48.4 Å². The summed E-state index contributed by atoms with van der Waals surface area (Å²) in [6.45, 7) is 5.49. The van der Waals surface area contributed by atoms with Crippen LogP contribution >= 0.6 is 0 Å². The van der Waals surface area contributed by atoms with Crippen LogP contribution in [0.2, 0.25) is 0 Å². The number of rotatable bonds is 5. The number of anilines is 1. The Morgan fingerprint density at radius 2 is 1.96 bits per heavy atom. The lowest BCUT2D eigenvalue weighted by Gasteiger charge is -2.31. The third-order valence-electron chi connectivity index (χ3n) is 5.90. The monoisotopic (exact) mass is 362 g/mol. The Hall–Kier alpha value is -2.49. The van der Waals surface area contributed by atoms with E-state index in [0.717, 1.165) is 18.9 Å². The van der Waals surface area contributed by atoms with Gasteiger partial charge in [0.05, 0.1) is 6.04 Å². The third-order valence-corrected chi connectivity index (χ3v) is 5.90. The lowest BCUT2D eigenvalue weighted by molar-refractivity contribution is 0.577. The minimum Gasteiger partial charge on any atom is -0.372 e. The van der Waals surface area contributed by atoms with Crippen molar-refractivity contribution in [1.82, 2.24) is 10.6 Å². The highest BCUT2D eigenvalue weighted by Crippen LogP contribution is 2.34. The summed E-state index contributed by atoms with van der Waals surface area (Å²) in [6, 6.07) is 17.9. The molecule has 142 valence electrons. The largest absolute Gasteiger partial charge is 0.372 e. The summed E-state index contributed by atoms with van der Waals surface area (Å²) >= 11 is 0. The zero-order chi connectivity index (χ0) is 18.6. The van der Waals surface area contributed by atoms with Crippen molar-refractivity contribution < 1.29 is 0 Å². The van der Waals surface area contributed by atoms with Crippen molar-refractivity contribution in [2.45, 2.75) is 38.1 Å². The molecule has 2 aromatic carbocycles. The van der Waals surface area contributed by atoms with Crippen LogP contribution in [0.15, 0.2) is 53.5 Å². The van der Waals surface area contributed by atoms with Crippen molar-refractivity contribution >= 4 is 11.6 Å². The zero-order valence-corrected chi connectivity index (χ0v) is 16.4. The molecule has 4 rings (SSSR count). The van der Waals surface area contributed by atoms with E-state index >= 15 is 0 Å². The molecular weight excluding hydrogens is 332 g/mol. The SMILES string of the molecule is CN=C(NCC1Cc2ccccc21)NC(C)c1cccc(N2CCCC2)c1. The quantitative estimate of drug-likeness (QED) is 0.627. The minimum atomic E-state index is 0.215. The molecule has 0 saturated carbocycles. The second-order valence-electron chi connectivity index (χ2n) is 7.71. The molecule has 2 atom stereocenters. The third kappa shape index (κ3) is 3.95. The van der Waals surface area contributed by atoms with Crippen LogP contribution in [-0.4, -0.2) is 32.6 Å². The van der Waals surface area contributed by atoms with E-state index < -0.39 is 0 Å². The van der Waals surface area contributed by atoms with Crippen molar-refractivity contribution in [2.24, 2.45) is 4.99 Å². The van der Waals surface area contributed by atoms with Crippen LogP contribution in [0.3, 0.4) is 0 Å². The smallest absolute Gasteiger partial charge is 0.191 e. The molecule has 0 bridgehead atoms. The van der Waals surface area contributed by atoms with Crippen LogP contribution in [0, 0.1) is 0 Å². The second-order valence-corrected chi connectivity index (χ2v) is 7.71. The van der Waals surface area contributed by atoms with Crippen molar-refractivity contribution in [3.63, 3.8) is 0 Å². The summed E-state index contributed by atoms with van der Waals surface area (Å²) in [5.41, 5.74) is 5.61. The molecule has 2 N–H and O–H groups in total. The van der Waals surface area contributed by atoms with Crippen molar-refractivity contribution in [3.05, 3.63) is 65.2 Å². The van der Waals surface area contributed by atoms with E-state index in [1.165, 1.54) is 48.3 Å². The van der Waals surface area contributed by atoms with Crippen molar-refractivity contribution in [1.29, 1.82) is 0 Å². The Kier molecular flexibility index (Phi) is 5.33. The summed E-state index contributed by atoms with van der Waals surface area (Å²) in [6.07, 6.45) is 3.77. The molecule has 0 spiro atoms. The molecule has 1 aliphatic carbocycles. The molecular formula is C23H30N4. The lowest BCUT2D eigenvalue weighted by Crippen LogP contribution is -2.42. The van der Waals surface area contributed by atoms with Gasteiger partial charge in [-0.15, -0.1) is 0 Å². The second kappa shape index (κ2) is 8.03. The number of benzene rings is 2. The number of hydrogen-bond acceptors (Lipinski definition) is 2. The average molecular weight is 363 g/mol. The van der Waals surface area contributed by atoms with E-state index in [1.807, 2.05) is 7.05 Å². The van der Waals surface area contributed by atoms with Crippen molar-refractivity contribution in [2.75, 3.05) is 31.6 Å². The zero-order valence-electron chi connectivity index (χ0n) is 16.4. The standard InChI is InChI=1S/C23H30N4/c1-17(18-9-7-10-21(15-18)27-12-5-6-13-27)26-23(24-2)25-16-20-14-19-8-3-4-11-22(19)20/h3-4,7-11,15,17,20H,5-6,12-14,16H2,1-2H3,(H2,24,25,26). The number of guanidine groups is 1. The fourth-order valence-electron chi connectivity index (χ4n) is 4.21. The fourth-order valence-corrected chi connectivity index (χ4v) is 4.21. The van der Waals surface area contributed by atoms with E-state index in [0.29, 0.717) is 5.92 Å². The average Bonchev–Trinajstić information content (AvgIpc) is 3.22. The Morgan fingerprint density at radius 1 is 1.15 bits per heavy atom. The summed E-state index contributed by atoms with van der Waals surface area (Å²) in [7, 11) is 1.84. The van der Waals surface area contributed by atoms with Gasteiger partial charge in [-0.1, -0.05) is 36.4 Å². The van der Waals surface area contributed by atoms with E-state index in [2.05, 4.69) is 76.0 Å². The molecule has 0 amide bonds. The first-order valence-electron chi connectivity index (χ1n) is 10.1. The summed E-state index contributed by atoms with van der Waals surface area (Å²) < 4.78 is 0. The molecule has 1 fully saturated rings. The van der Waals surface area contributed by atoms with Gasteiger partial charge in [0.15, 0.2) is 5.96 Å². The molecule has 2 aromatic rings. The first-order chi connectivity index (χ1) is 13.2. The molecule has 4 heteroatoms. The predicted octanol–water partition coefficient (Wildman–Crippen LogP) is 3.85. The van der Waals surface area contributed by atoms with E-state index in [4.69, 9.17) is 0 Å². The number of nitrogens with zero attached hydrogens (tertiary/aromatic N) is 2. The normalized spacial score (nSPS) is 20.0. The Bertz CT molecular complexity index is 808. The van der Waals surface area contributed by atoms with Crippen molar-refractivity contribution in [3.8, 4) is 0 Å². The van der Waals surface area contributed by atoms with Crippen LogP contribution in [0.4, 0.5) is 5.69 Å². The number of hydrogen-bond donors (Lipinski definition) is 2. The molecule has 4 nitrogen and oxygen atoms in total. The van der Waals surface area contributed by atoms with Crippen LogP contribution in [0.5, 0.6) is 0 Å². The highest BCUT2D eigenvalue weighted by Gasteiger charge is 2.25. The van der Waals surface area contributed by atoms with Gasteiger partial charge in [-0.25, -0.2) is 0 Å². The molecule has 2 unspecified atom stereocenters. The maximum Gasteiger partial charge on any atom is 0.191 e. The van der Waals surface area contributed by atoms with Gasteiger partial charge in [-0.2, -0.15) is 0 Å². The maximum atomic E-state index is 4.42. The first-order valence-corrected chi connectivity index (χ1v) is 10.1. The topological polar surface area (TPSA) is 39.7 Å². The predicted molar refractivity (Wildman–Crippen MR) is 114 cm³/mol. The summed E-state index contributed by atoms with van der Waals surface area (Å²) in [5.74, 6) is 1.46. The van der Waals surface area contributed by atoms with Gasteiger partial charge in [-0.3, -0.25) is 4.99 Å². The fraction of sp³-hybridized carbons (Fsp3) is 0.435. The molecule has 0 aromatic heterocycles. The highest BCUT2D eigenvalue weighted by molar-refractivity contribution is 5.80. The van der Waals surface area contributed by atoms with Gasteiger partial charge in [0, 0.05) is 38.3 Å². The first kappa shape index (κ1) is 17.9. The minimum absolute atomic E-state index is 0.215. The van der Waals surface area contributed by atoms with E-state index in [-0.39, 0.29) is 6.04 Å². The summed E-state index contributed by atoms with van der Waals surface area (Å²) in [5, 5.41) is 7.06. The van der Waals surface area contributed by atoms with Gasteiger partial charge in [0.2, 0.25) is 0 Å². The number of nitrogens with one attached hydrogen (secondary N) is 2. The van der Waals surface area contributed by atoms with Crippen LogP contribution in [-0.2, 0) is 6.42 Å². The number of fused-ring (bicyclic) bond motifs is 1. The molecule has 1 aliphatic heterocycles. The van der Waals surface area contributed by atoms with Gasteiger partial charge >= 0.3 is 0 Å². The van der Waals surface area contributed by atoms with E-state index in [1.54, 1.807) is 0 Å². The number of aliphatic imine (C=N–C) groups is 1. The summed E-state index contributed by atoms with van der Waals surface area (Å²) in [4.78, 5) is 6.91. The van der Waals surface area contributed by atoms with Gasteiger partial charge in [0.1, 0.15) is 0 Å². The molecule has 1 saturated heterocycles. The highest BCUT2D eigenvalue weighted by atomic mass is 15.2. The van der Waals surface area contributed by atoms with Crippen LogP contribution in [0.25, 0.3) is 0 Å². The van der Waals surface area contributed by atoms with Gasteiger partial charge in [0.25, 0.3) is 0 Å². The van der Waals surface area contributed by atoms with E-state index in [9.17, 15) is 0 Å². The van der Waals surface area contributed by atoms with Crippen LogP contribution < -0.4 is 15.5 Å². The molecule has 27 heavy (non-hydrogen) atoms. The molecule has 2 aliphatic rings. The Morgan fingerprint density at radius 3 is 2.74 bits per heavy atom.